The molecule has 1 rings (SSSR count). The van der Waals surface area contributed by atoms with Crippen molar-refractivity contribution >= 4 is 0 Å². The molecule has 62 valence electrons. The molecule has 2 heteroatoms. The van der Waals surface area contributed by atoms with Crippen LogP contribution in [0.15, 0.2) is 18.3 Å². The molecule has 0 saturated carbocycles. The zero-order valence-electron chi connectivity index (χ0n) is 7.22. The molecule has 3 N–H and O–H groups in total. The van der Waals surface area contributed by atoms with E-state index in [-0.39, 0.29) is 5.41 Å². The Kier molecular flexibility index (Phi) is 2.35. The maximum Gasteiger partial charge on any atom is 0.0152 e. The first-order chi connectivity index (χ1) is 5.14. The lowest BCUT2D eigenvalue weighted by molar-refractivity contribution is 0.373. The molecule has 2 nitrogen and oxygen atoms in total. The van der Waals surface area contributed by atoms with Crippen molar-refractivity contribution in [1.29, 1.82) is 0 Å². The highest BCUT2D eigenvalue weighted by molar-refractivity contribution is 5.05. The summed E-state index contributed by atoms with van der Waals surface area (Å²) in [6.07, 6.45) is 2.97. The van der Waals surface area contributed by atoms with E-state index in [1.165, 1.54) is 5.69 Å². The number of nitrogens with two attached hydrogens (primary N) is 1. The van der Waals surface area contributed by atoms with Crippen molar-refractivity contribution < 1.29 is 0 Å². The van der Waals surface area contributed by atoms with Gasteiger partial charge >= 0.3 is 0 Å². The molecule has 0 aliphatic carbocycles. The van der Waals surface area contributed by atoms with Crippen molar-refractivity contribution in [2.45, 2.75) is 20.3 Å². The summed E-state index contributed by atoms with van der Waals surface area (Å²) >= 11 is 0. The van der Waals surface area contributed by atoms with Crippen LogP contribution in [0, 0.1) is 5.41 Å². The first-order valence-electron chi connectivity index (χ1n) is 3.96. The highest BCUT2D eigenvalue weighted by Crippen LogP contribution is 2.18. The maximum atomic E-state index is 5.61. The first-order valence-corrected chi connectivity index (χ1v) is 3.96. The lowest BCUT2D eigenvalue weighted by Crippen LogP contribution is -2.25. The van der Waals surface area contributed by atoms with Crippen LogP contribution in [0.1, 0.15) is 19.5 Å². The summed E-state index contributed by atoms with van der Waals surface area (Å²) in [5.41, 5.74) is 7.09. The van der Waals surface area contributed by atoms with Gasteiger partial charge in [-0.3, -0.25) is 0 Å². The Morgan fingerprint density at radius 1 is 1.55 bits per heavy atom. The normalized spacial score (nSPS) is 11.9. The molecule has 1 aromatic heterocycles. The molecule has 1 aromatic rings. The van der Waals surface area contributed by atoms with Gasteiger partial charge in [-0.05, 0) is 30.5 Å². The van der Waals surface area contributed by atoms with Crippen LogP contribution in [0.2, 0.25) is 0 Å². The Balaban J connectivity index is 2.56. The number of rotatable bonds is 3. The number of nitrogens with one attached hydrogen (secondary N) is 1. The molecule has 0 atom stereocenters. The van der Waals surface area contributed by atoms with Gasteiger partial charge in [-0.2, -0.15) is 0 Å². The molecule has 0 unspecified atom stereocenters. The van der Waals surface area contributed by atoms with E-state index >= 15 is 0 Å². The van der Waals surface area contributed by atoms with E-state index in [9.17, 15) is 0 Å². The average molecular weight is 152 g/mol. The Hall–Kier alpha value is -0.760. The lowest BCUT2D eigenvalue weighted by Gasteiger charge is -2.20. The summed E-state index contributed by atoms with van der Waals surface area (Å²) in [7, 11) is 0. The topological polar surface area (TPSA) is 41.8 Å². The molecule has 0 fully saturated rings. The molecule has 11 heavy (non-hydrogen) atoms. The zero-order chi connectivity index (χ0) is 8.32. The Morgan fingerprint density at radius 3 is 2.73 bits per heavy atom. The summed E-state index contributed by atoms with van der Waals surface area (Å²) in [6.45, 7) is 5.08. The van der Waals surface area contributed by atoms with E-state index in [0.29, 0.717) is 0 Å². The SMILES string of the molecule is CC(C)(CN)Cc1ccc[nH]1. The minimum Gasteiger partial charge on any atom is -0.365 e. The molecule has 0 bridgehead atoms. The molecule has 0 aromatic carbocycles. The third-order valence-electron chi connectivity index (χ3n) is 1.88. The Bertz CT molecular complexity index is 199. The zero-order valence-corrected chi connectivity index (χ0v) is 7.22. The van der Waals surface area contributed by atoms with Gasteiger partial charge in [0.25, 0.3) is 0 Å². The molecule has 1 heterocycles. The van der Waals surface area contributed by atoms with Gasteiger partial charge in [-0.1, -0.05) is 13.8 Å². The summed E-state index contributed by atoms with van der Waals surface area (Å²) < 4.78 is 0. The van der Waals surface area contributed by atoms with Crippen molar-refractivity contribution in [2.75, 3.05) is 6.54 Å². The Labute approximate surface area is 67.8 Å². The van der Waals surface area contributed by atoms with Crippen LogP contribution in [0.4, 0.5) is 0 Å². The van der Waals surface area contributed by atoms with Crippen LogP contribution < -0.4 is 5.73 Å². The average Bonchev–Trinajstić information content (AvgIpc) is 2.39. The van der Waals surface area contributed by atoms with Crippen LogP contribution in [0.3, 0.4) is 0 Å². The Morgan fingerprint density at radius 2 is 2.27 bits per heavy atom. The fraction of sp³-hybridized carbons (Fsp3) is 0.556. The van der Waals surface area contributed by atoms with Crippen molar-refractivity contribution in [3.8, 4) is 0 Å². The van der Waals surface area contributed by atoms with E-state index in [1.807, 2.05) is 12.3 Å². The maximum absolute atomic E-state index is 5.61. The molecule has 0 aliphatic rings. The second kappa shape index (κ2) is 3.09. The summed E-state index contributed by atoms with van der Waals surface area (Å²) in [5, 5.41) is 0. The molecular weight excluding hydrogens is 136 g/mol. The van der Waals surface area contributed by atoms with Gasteiger partial charge in [-0.15, -0.1) is 0 Å². The fourth-order valence-electron chi connectivity index (χ4n) is 1.07. The quantitative estimate of drug-likeness (QED) is 0.677. The van der Waals surface area contributed by atoms with Crippen molar-refractivity contribution in [1.82, 2.24) is 4.98 Å². The van der Waals surface area contributed by atoms with Gasteiger partial charge in [0.15, 0.2) is 0 Å². The predicted octanol–water partition coefficient (Wildman–Crippen LogP) is 1.54. The second-order valence-electron chi connectivity index (χ2n) is 3.74. The van der Waals surface area contributed by atoms with Crippen molar-refractivity contribution in [3.63, 3.8) is 0 Å². The highest BCUT2D eigenvalue weighted by atomic mass is 14.7. The summed E-state index contributed by atoms with van der Waals surface area (Å²) in [5.74, 6) is 0. The summed E-state index contributed by atoms with van der Waals surface area (Å²) in [4.78, 5) is 3.17. The second-order valence-corrected chi connectivity index (χ2v) is 3.74. The van der Waals surface area contributed by atoms with E-state index < -0.39 is 0 Å². The van der Waals surface area contributed by atoms with Gasteiger partial charge in [0.05, 0.1) is 0 Å². The molecular formula is C9H16N2. The third kappa shape index (κ3) is 2.39. The van der Waals surface area contributed by atoms with Gasteiger partial charge in [0.2, 0.25) is 0 Å². The molecule has 0 saturated heterocycles. The fourth-order valence-corrected chi connectivity index (χ4v) is 1.07. The molecule has 0 spiro atoms. The van der Waals surface area contributed by atoms with Crippen molar-refractivity contribution in [3.05, 3.63) is 24.0 Å². The predicted molar refractivity (Wildman–Crippen MR) is 47.3 cm³/mol. The minimum absolute atomic E-state index is 0.213. The molecule has 0 aliphatic heterocycles. The van der Waals surface area contributed by atoms with Gasteiger partial charge in [-0.25, -0.2) is 0 Å². The lowest BCUT2D eigenvalue weighted by atomic mass is 9.88. The molecule has 0 amide bonds. The number of hydrogen-bond acceptors (Lipinski definition) is 1. The third-order valence-corrected chi connectivity index (χ3v) is 1.88. The van der Waals surface area contributed by atoms with Crippen LogP contribution in [0.25, 0.3) is 0 Å². The molecule has 0 radical (unpaired) electrons. The van der Waals surface area contributed by atoms with E-state index in [1.54, 1.807) is 0 Å². The smallest absolute Gasteiger partial charge is 0.0152 e. The first kappa shape index (κ1) is 8.34. The van der Waals surface area contributed by atoms with E-state index in [4.69, 9.17) is 5.73 Å². The van der Waals surface area contributed by atoms with E-state index in [2.05, 4.69) is 24.9 Å². The number of aromatic nitrogens is 1. The standard InChI is InChI=1S/C9H16N2/c1-9(2,7-10)6-8-4-3-5-11-8/h3-5,11H,6-7,10H2,1-2H3. The van der Waals surface area contributed by atoms with Crippen LogP contribution in [-0.4, -0.2) is 11.5 Å². The number of hydrogen-bond donors (Lipinski definition) is 2. The van der Waals surface area contributed by atoms with Crippen LogP contribution >= 0.6 is 0 Å². The van der Waals surface area contributed by atoms with E-state index in [0.717, 1.165) is 13.0 Å². The van der Waals surface area contributed by atoms with Gasteiger partial charge < -0.3 is 10.7 Å². The van der Waals surface area contributed by atoms with Crippen molar-refractivity contribution in [2.24, 2.45) is 11.1 Å². The highest BCUT2D eigenvalue weighted by Gasteiger charge is 2.15. The minimum atomic E-state index is 0.213. The van der Waals surface area contributed by atoms with Crippen LogP contribution in [0.5, 0.6) is 0 Å². The van der Waals surface area contributed by atoms with Crippen LogP contribution in [-0.2, 0) is 6.42 Å². The largest absolute Gasteiger partial charge is 0.365 e. The van der Waals surface area contributed by atoms with Gasteiger partial charge in [0, 0.05) is 11.9 Å². The summed E-state index contributed by atoms with van der Waals surface area (Å²) in [6, 6.07) is 4.11. The number of aromatic amines is 1. The monoisotopic (exact) mass is 152 g/mol. The number of H-pyrrole nitrogens is 1. The van der Waals surface area contributed by atoms with Gasteiger partial charge in [0.1, 0.15) is 0 Å².